The van der Waals surface area contributed by atoms with Gasteiger partial charge in [0.1, 0.15) is 103 Å². The lowest BCUT2D eigenvalue weighted by Crippen LogP contribution is -2.64. The van der Waals surface area contributed by atoms with Crippen molar-refractivity contribution in [1.82, 2.24) is 35.5 Å². The van der Waals surface area contributed by atoms with E-state index in [1.807, 2.05) is 0 Å². The Morgan fingerprint density at radius 3 is 1.15 bits per heavy atom. The number of amides is 3. The van der Waals surface area contributed by atoms with Gasteiger partial charge in [-0.3, -0.25) is 68.8 Å². The Labute approximate surface area is 792 Å². The molecule has 0 saturated carbocycles. The van der Waals surface area contributed by atoms with Crippen molar-refractivity contribution >= 4 is 75.6 Å². The molecular weight excluding hydrogens is 1960 g/mol. The SMILES string of the molecule is CC(=O)NC1[C@H](OCCCCCCOP(=O)(O)OCCCOCC(COCCCOP(=O)(O)OCCCCCCO[C@@H]2OC(CO)[C@H](O)[C@H](O)C2NC(C)=O)(COCCCOP(=O)(O)OCCCCCCO[C@@H]2OC(CO)[C@H](O)[C@H](O)C2NC(C)=O)COP(=O)(O)OCOCC(CO)COCOP(=O)(O)O[C@H]2C[C@H](n3cnc4c(C)ncnc43)O[C@@H]2COP(=O)(O)C(C)C)OC(CO)[C@H](O)[C@@H]1O. The summed E-state index contributed by atoms with van der Waals surface area (Å²) in [6, 6.07) is -3.41. The van der Waals surface area contributed by atoms with Crippen molar-refractivity contribution in [2.24, 2.45) is 11.3 Å². The number of phosphoric acid groups is 5. The van der Waals surface area contributed by atoms with Gasteiger partial charge in [-0.25, -0.2) is 37.8 Å². The lowest BCUT2D eigenvalue weighted by atomic mass is 9.92. The Bertz CT molecular complexity index is 3860. The summed E-state index contributed by atoms with van der Waals surface area (Å²) in [5, 5.41) is 109. The van der Waals surface area contributed by atoms with Crippen LogP contribution < -0.4 is 16.0 Å². The maximum absolute atomic E-state index is 13.8. The number of unbranched alkanes of at least 4 members (excludes halogenated alkanes) is 9. The van der Waals surface area contributed by atoms with Crippen molar-refractivity contribution in [3.05, 3.63) is 18.3 Å². The monoisotopic (exact) mass is 2110 g/mol. The number of fused-ring (bicyclic) bond motifs is 1. The fourth-order valence-electron chi connectivity index (χ4n) is 13.8. The van der Waals surface area contributed by atoms with Gasteiger partial charge in [0.15, 0.2) is 38.1 Å². The normalized spacial score (nSPS) is 27.7. The summed E-state index contributed by atoms with van der Waals surface area (Å²) in [4.78, 5) is 112. The van der Waals surface area contributed by atoms with Gasteiger partial charge in [-0.1, -0.05) is 52.4 Å². The summed E-state index contributed by atoms with van der Waals surface area (Å²) in [7, 11) is -28.5. The molecular formula is C76H141N7O48P6. The van der Waals surface area contributed by atoms with E-state index in [1.165, 1.54) is 51.8 Å². The Morgan fingerprint density at radius 1 is 0.431 bits per heavy atom. The van der Waals surface area contributed by atoms with Crippen LogP contribution in [0.4, 0.5) is 0 Å². The average molecular weight is 2110 g/mol. The minimum absolute atomic E-state index is 0.0649. The first-order chi connectivity index (χ1) is 64.9. The number of nitrogens with one attached hydrogen (secondary N) is 3. The number of nitrogens with zero attached hydrogens (tertiary/aromatic N) is 4. The van der Waals surface area contributed by atoms with E-state index in [9.17, 15) is 122 Å². The zero-order valence-electron chi connectivity index (χ0n) is 77.4. The molecule has 6 rings (SSSR count). The van der Waals surface area contributed by atoms with Crippen LogP contribution in [0.25, 0.3) is 11.2 Å². The first-order valence-electron chi connectivity index (χ1n) is 44.8. The number of rotatable bonds is 75. The molecule has 19 N–H and O–H groups in total. The van der Waals surface area contributed by atoms with Crippen LogP contribution in [0.1, 0.15) is 149 Å². The van der Waals surface area contributed by atoms with Gasteiger partial charge in [0.25, 0.3) is 0 Å². The van der Waals surface area contributed by atoms with E-state index in [-0.39, 0.29) is 104 Å². The van der Waals surface area contributed by atoms with Crippen LogP contribution in [-0.4, -0.2) is 393 Å². The minimum atomic E-state index is -5.23. The molecule has 2 aromatic heterocycles. The predicted molar refractivity (Wildman–Crippen MR) is 468 cm³/mol. The largest absolute Gasteiger partial charge is 0.474 e. The second-order valence-electron chi connectivity index (χ2n) is 33.0. The van der Waals surface area contributed by atoms with Crippen molar-refractivity contribution < 1.29 is 229 Å². The summed E-state index contributed by atoms with van der Waals surface area (Å²) < 4.78 is 207. The zero-order chi connectivity index (χ0) is 101. The van der Waals surface area contributed by atoms with Crippen molar-refractivity contribution in [3.63, 3.8) is 0 Å². The third kappa shape index (κ3) is 44.9. The molecule has 4 saturated heterocycles. The lowest BCUT2D eigenvalue weighted by molar-refractivity contribution is -0.270. The van der Waals surface area contributed by atoms with E-state index >= 15 is 0 Å². The molecule has 4 aliphatic rings. The minimum Gasteiger partial charge on any atom is -0.396 e. The molecule has 6 heterocycles. The Hall–Kier alpha value is -3.22. The quantitative estimate of drug-likeness (QED) is 0.0242. The lowest BCUT2D eigenvalue weighted by Gasteiger charge is -2.42. The molecule has 4 fully saturated rings. The fourth-order valence-corrected chi connectivity index (χ4v) is 18.4. The van der Waals surface area contributed by atoms with Crippen LogP contribution in [0, 0.1) is 18.3 Å². The molecule has 55 nitrogen and oxygen atoms in total. The maximum Gasteiger partial charge on any atom is 0.474 e. The average Bonchev–Trinajstić information content (AvgIpc) is 1.67. The zero-order valence-corrected chi connectivity index (χ0v) is 82.8. The summed E-state index contributed by atoms with van der Waals surface area (Å²) >= 11 is 0. The van der Waals surface area contributed by atoms with E-state index in [0.29, 0.717) is 74.6 Å². The van der Waals surface area contributed by atoms with Gasteiger partial charge in [-0.05, 0) is 64.7 Å². The molecule has 0 aliphatic carbocycles. The molecule has 61 heteroatoms. The number of carbonyl (C=O) groups excluding carboxylic acids is 3. The molecule has 2 aromatic rings. The number of hydrogen-bond acceptors (Lipinski definition) is 45. The second kappa shape index (κ2) is 62.7. The maximum atomic E-state index is 13.8. The van der Waals surface area contributed by atoms with E-state index in [2.05, 4.69) is 30.9 Å². The van der Waals surface area contributed by atoms with Crippen molar-refractivity contribution in [2.45, 2.75) is 260 Å². The van der Waals surface area contributed by atoms with Gasteiger partial charge in [0.2, 0.25) is 17.7 Å². The van der Waals surface area contributed by atoms with E-state index < -0.39 is 298 Å². The van der Waals surface area contributed by atoms with Gasteiger partial charge in [-0.2, -0.15) is 0 Å². The van der Waals surface area contributed by atoms with E-state index in [0.717, 1.165) is 0 Å². The van der Waals surface area contributed by atoms with E-state index in [1.54, 1.807) is 6.92 Å². The Balaban J connectivity index is 1.05. The number of phosphoric ester groups is 5. The van der Waals surface area contributed by atoms with Crippen LogP contribution in [-0.2, 0) is 148 Å². The van der Waals surface area contributed by atoms with Gasteiger partial charge in [-0.15, -0.1) is 0 Å². The summed E-state index contributed by atoms with van der Waals surface area (Å²) in [5.41, 5.74) is -1.14. The highest BCUT2D eigenvalue weighted by molar-refractivity contribution is 7.53. The highest BCUT2D eigenvalue weighted by atomic mass is 31.2. The Kier molecular flexibility index (Phi) is 56.0. The number of imidazole rings is 1. The van der Waals surface area contributed by atoms with Gasteiger partial charge >= 0.3 is 46.7 Å². The fraction of sp³-hybridized carbons (Fsp3) is 0.895. The standard InChI is InChI=1S/C76H141N7O48P6/c1-50(2)132(97,98)123-41-60-56(34-61(127-60)83-47-79-62-51(3)77-46-78-72(62)83)131-137(107,108)126-49-113-40-55(35-84)39-112-48-125-136(105,106)124-45-76(42-109-22-19-31-120-133(99,100)117-28-16-10-7-13-25-114-73-63(80-52(4)88)69(94)66(91)57(36-85)128-73,43-110-23-20-32-121-134(101,102)118-29-17-11-8-14-26-115-74-64(81-53(5)89)70(95)67(92)58(37-86)129-74)44-111-24-21-33-122-135(103,104)119-30-18-12-9-15-27-116-75-65(82-54(6)90)71(96)68(93)59(38-87)130-75/h46-47,50,55-61,63-71,73-75,84-87,91-96H,7-45,48-49H2,1-6H3,(H,80,88)(H,81,89)(H,82,90)(H,97,98)(H,99,100)(H,101,102)(H,103,104)(H,105,106)(H,107,108)/t55?,56-,57?,58?,59?,60+,61+,63?,64?,65?,66-,67-,68-,69+,70+,71+,73+,74+,75+,76?/m0/s1. The van der Waals surface area contributed by atoms with Crippen LogP contribution in [0.5, 0.6) is 0 Å². The highest BCUT2D eigenvalue weighted by Crippen LogP contribution is 2.53. The van der Waals surface area contributed by atoms with E-state index in [4.69, 9.17) is 107 Å². The first kappa shape index (κ1) is 122. The van der Waals surface area contributed by atoms with Crippen molar-refractivity contribution in [3.8, 4) is 0 Å². The summed E-state index contributed by atoms with van der Waals surface area (Å²) in [6.45, 7) is -2.43. The number of aliphatic hydroxyl groups is 10. The molecule has 13 unspecified atom stereocenters. The van der Waals surface area contributed by atoms with Crippen LogP contribution >= 0.6 is 46.7 Å². The van der Waals surface area contributed by atoms with Crippen molar-refractivity contribution in [2.75, 3.05) is 166 Å². The molecule has 137 heavy (non-hydrogen) atoms. The van der Waals surface area contributed by atoms with Crippen LogP contribution in [0.15, 0.2) is 12.7 Å². The van der Waals surface area contributed by atoms with Gasteiger partial charge < -0.3 is 158 Å². The Morgan fingerprint density at radius 2 is 0.788 bits per heavy atom. The third-order valence-electron chi connectivity index (χ3n) is 21.2. The second-order valence-corrected chi connectivity index (χ2v) is 42.7. The number of carbonyl (C=O) groups is 3. The topological polar surface area (TPSA) is 769 Å². The van der Waals surface area contributed by atoms with Gasteiger partial charge in [0, 0.05) is 72.8 Å². The molecule has 0 aromatic carbocycles. The van der Waals surface area contributed by atoms with Crippen molar-refractivity contribution in [1.29, 1.82) is 0 Å². The number of aliphatic hydroxyl groups excluding tert-OH is 10. The summed E-state index contributed by atoms with van der Waals surface area (Å²) in [5.74, 6) is -2.54. The summed E-state index contributed by atoms with van der Waals surface area (Å²) in [6.07, 6.45) is -12.2. The molecule has 25 atom stereocenters. The smallest absolute Gasteiger partial charge is 0.396 e. The number of hydrogen-bond donors (Lipinski definition) is 19. The molecule has 0 radical (unpaired) electrons. The number of ether oxygens (including phenoxy) is 12. The van der Waals surface area contributed by atoms with Gasteiger partial charge in [0.05, 0.1) is 135 Å². The molecule has 798 valence electrons. The number of aromatic nitrogens is 4. The molecule has 4 aliphatic heterocycles. The number of aryl methyl sites for hydroxylation is 1. The third-order valence-corrected chi connectivity index (χ3v) is 28.0. The molecule has 0 bridgehead atoms. The first-order valence-corrected chi connectivity index (χ1v) is 54.0. The van der Waals surface area contributed by atoms with Crippen LogP contribution in [0.2, 0.25) is 0 Å². The highest BCUT2D eigenvalue weighted by Gasteiger charge is 2.50. The molecule has 3 amide bonds. The van der Waals surface area contributed by atoms with Crippen LogP contribution in [0.3, 0.4) is 0 Å². The predicted octanol–water partition coefficient (Wildman–Crippen LogP) is 0.395. The molecule has 0 spiro atoms.